The third-order valence-electron chi connectivity index (χ3n) is 3.38. The maximum absolute atomic E-state index is 11.3. The standard InChI is InChI=1S/C13H17BN2O3/c1-19-12(17)10-2-4-11(5-3-10)15-6-8-16(9-7-15)13(14)18/h2-5H,6-9,14H2,1H3. The van der Waals surface area contributed by atoms with Gasteiger partial charge in [-0.15, -0.1) is 0 Å². The fourth-order valence-electron chi connectivity index (χ4n) is 2.21. The third-order valence-corrected chi connectivity index (χ3v) is 3.38. The van der Waals surface area contributed by atoms with Gasteiger partial charge >= 0.3 is 5.97 Å². The molecule has 1 heterocycles. The molecule has 19 heavy (non-hydrogen) atoms. The number of amides is 1. The molecule has 6 heteroatoms. The molecule has 0 radical (unpaired) electrons. The zero-order valence-electron chi connectivity index (χ0n) is 11.3. The summed E-state index contributed by atoms with van der Waals surface area (Å²) in [4.78, 5) is 26.6. The molecule has 0 spiro atoms. The highest BCUT2D eigenvalue weighted by atomic mass is 16.5. The molecule has 5 nitrogen and oxygen atoms in total. The summed E-state index contributed by atoms with van der Waals surface area (Å²) in [5, 5.41) is 0. The number of nitrogens with zero attached hydrogens (tertiary/aromatic N) is 2. The second kappa shape index (κ2) is 5.78. The van der Waals surface area contributed by atoms with Crippen LogP contribution in [-0.4, -0.2) is 57.8 Å². The van der Waals surface area contributed by atoms with Crippen LogP contribution in [0.2, 0.25) is 0 Å². The minimum absolute atomic E-state index is 0.126. The fourth-order valence-corrected chi connectivity index (χ4v) is 2.21. The molecule has 1 saturated heterocycles. The maximum atomic E-state index is 11.3. The second-order valence-corrected chi connectivity index (χ2v) is 4.53. The van der Waals surface area contributed by atoms with Crippen molar-refractivity contribution in [2.45, 2.75) is 0 Å². The number of benzene rings is 1. The summed E-state index contributed by atoms with van der Waals surface area (Å²) in [7, 11) is 2.97. The quantitative estimate of drug-likeness (QED) is 0.568. The Balaban J connectivity index is 2.00. The molecule has 0 N–H and O–H groups in total. The Hall–Kier alpha value is -1.98. The van der Waals surface area contributed by atoms with Crippen molar-refractivity contribution in [2.24, 2.45) is 0 Å². The first kappa shape index (κ1) is 13.5. The molecule has 0 saturated carbocycles. The van der Waals surface area contributed by atoms with Gasteiger partial charge in [0.15, 0.2) is 5.81 Å². The van der Waals surface area contributed by atoms with Crippen LogP contribution < -0.4 is 4.90 Å². The molecule has 0 atom stereocenters. The van der Waals surface area contributed by atoms with Gasteiger partial charge in [0.1, 0.15) is 0 Å². The number of carbonyl (C=O) groups is 2. The molecule has 1 aliphatic rings. The second-order valence-electron chi connectivity index (χ2n) is 4.53. The van der Waals surface area contributed by atoms with Crippen LogP contribution in [0.25, 0.3) is 0 Å². The Bertz CT molecular complexity index is 467. The van der Waals surface area contributed by atoms with Gasteiger partial charge in [-0.25, -0.2) is 4.79 Å². The van der Waals surface area contributed by atoms with E-state index in [2.05, 4.69) is 9.64 Å². The number of hydrogen-bond donors (Lipinski definition) is 0. The van der Waals surface area contributed by atoms with Gasteiger partial charge in [0.05, 0.1) is 12.7 Å². The molecule has 0 aliphatic carbocycles. The number of ether oxygens (including phenoxy) is 1. The number of anilines is 1. The van der Waals surface area contributed by atoms with E-state index in [4.69, 9.17) is 0 Å². The normalized spacial score (nSPS) is 15.2. The van der Waals surface area contributed by atoms with E-state index in [1.807, 2.05) is 17.0 Å². The van der Waals surface area contributed by atoms with Crippen LogP contribution in [0.4, 0.5) is 10.5 Å². The molecule has 2 rings (SSSR count). The largest absolute Gasteiger partial charge is 0.465 e. The Labute approximate surface area is 113 Å². The van der Waals surface area contributed by atoms with E-state index in [0.717, 1.165) is 31.9 Å². The Morgan fingerprint density at radius 3 is 2.16 bits per heavy atom. The van der Waals surface area contributed by atoms with Crippen LogP contribution in [0.3, 0.4) is 0 Å². The van der Waals surface area contributed by atoms with E-state index < -0.39 is 0 Å². The average Bonchev–Trinajstić information content (AvgIpc) is 2.46. The number of methoxy groups -OCH3 is 1. The molecule has 1 fully saturated rings. The van der Waals surface area contributed by atoms with Crippen LogP contribution in [0.5, 0.6) is 0 Å². The topological polar surface area (TPSA) is 49.9 Å². The van der Waals surface area contributed by atoms with Crippen LogP contribution in [-0.2, 0) is 4.74 Å². The van der Waals surface area contributed by atoms with Crippen molar-refractivity contribution in [3.8, 4) is 0 Å². The van der Waals surface area contributed by atoms with E-state index in [1.165, 1.54) is 7.11 Å². The van der Waals surface area contributed by atoms with Gasteiger partial charge in [-0.3, -0.25) is 4.79 Å². The van der Waals surface area contributed by atoms with Crippen molar-refractivity contribution in [1.29, 1.82) is 0 Å². The summed E-state index contributed by atoms with van der Waals surface area (Å²) in [5.74, 6) is -0.200. The molecule has 1 aromatic rings. The highest BCUT2D eigenvalue weighted by Crippen LogP contribution is 2.17. The van der Waals surface area contributed by atoms with E-state index in [9.17, 15) is 9.59 Å². The number of rotatable bonds is 2. The van der Waals surface area contributed by atoms with Gasteiger partial charge in [-0.1, -0.05) is 0 Å². The van der Waals surface area contributed by atoms with Gasteiger partial charge in [-0.05, 0) is 24.3 Å². The Morgan fingerprint density at radius 1 is 1.11 bits per heavy atom. The summed E-state index contributed by atoms with van der Waals surface area (Å²) in [6.07, 6.45) is 0. The number of carbonyl (C=O) groups excluding carboxylic acids is 2. The van der Waals surface area contributed by atoms with Crippen molar-refractivity contribution < 1.29 is 14.3 Å². The number of piperazine rings is 1. The predicted molar refractivity (Wildman–Crippen MR) is 75.5 cm³/mol. The highest BCUT2D eigenvalue weighted by molar-refractivity contribution is 6.56. The van der Waals surface area contributed by atoms with Gasteiger partial charge < -0.3 is 14.5 Å². The third kappa shape index (κ3) is 3.07. The molecular formula is C13H17BN2O3. The lowest BCUT2D eigenvalue weighted by Gasteiger charge is -2.36. The maximum Gasteiger partial charge on any atom is 0.337 e. The lowest BCUT2D eigenvalue weighted by molar-refractivity contribution is 0.0600. The zero-order chi connectivity index (χ0) is 13.8. The average molecular weight is 260 g/mol. The molecule has 100 valence electrons. The lowest BCUT2D eigenvalue weighted by Crippen LogP contribution is -2.48. The molecule has 0 unspecified atom stereocenters. The first-order chi connectivity index (χ1) is 9.11. The monoisotopic (exact) mass is 260 g/mol. The fraction of sp³-hybridized carbons (Fsp3) is 0.385. The summed E-state index contributed by atoms with van der Waals surface area (Å²) in [5.41, 5.74) is 1.62. The minimum Gasteiger partial charge on any atom is -0.465 e. The molecular weight excluding hydrogens is 243 g/mol. The molecule has 1 aromatic carbocycles. The van der Waals surface area contributed by atoms with Gasteiger partial charge in [0.25, 0.3) is 0 Å². The van der Waals surface area contributed by atoms with Gasteiger partial charge in [0.2, 0.25) is 7.85 Å². The molecule has 1 aliphatic heterocycles. The summed E-state index contributed by atoms with van der Waals surface area (Å²) < 4.78 is 4.67. The smallest absolute Gasteiger partial charge is 0.337 e. The van der Waals surface area contributed by atoms with Crippen molar-refractivity contribution in [3.05, 3.63) is 29.8 Å². The summed E-state index contributed by atoms with van der Waals surface area (Å²) in [6, 6.07) is 7.35. The van der Waals surface area contributed by atoms with E-state index in [1.54, 1.807) is 20.0 Å². The molecule has 0 aromatic heterocycles. The minimum atomic E-state index is -0.326. The Kier molecular flexibility index (Phi) is 4.09. The van der Waals surface area contributed by atoms with Crippen LogP contribution in [0.1, 0.15) is 10.4 Å². The number of hydrogen-bond acceptors (Lipinski definition) is 4. The summed E-state index contributed by atoms with van der Waals surface area (Å²) in [6.45, 7) is 3.12. The Morgan fingerprint density at radius 2 is 1.68 bits per heavy atom. The van der Waals surface area contributed by atoms with Crippen LogP contribution >= 0.6 is 0 Å². The molecule has 0 bridgehead atoms. The SMILES string of the molecule is BC(=O)N1CCN(c2ccc(C(=O)OC)cc2)CC1. The summed E-state index contributed by atoms with van der Waals surface area (Å²) >= 11 is 0. The predicted octanol–water partition coefficient (Wildman–Crippen LogP) is 0.348. The van der Waals surface area contributed by atoms with E-state index >= 15 is 0 Å². The van der Waals surface area contributed by atoms with Crippen molar-refractivity contribution in [1.82, 2.24) is 4.90 Å². The highest BCUT2D eigenvalue weighted by Gasteiger charge is 2.18. The van der Waals surface area contributed by atoms with Crippen molar-refractivity contribution in [3.63, 3.8) is 0 Å². The lowest BCUT2D eigenvalue weighted by atomic mass is 10.1. The first-order valence-corrected chi connectivity index (χ1v) is 6.30. The zero-order valence-corrected chi connectivity index (χ0v) is 11.3. The van der Waals surface area contributed by atoms with Gasteiger partial charge in [0, 0.05) is 31.9 Å². The van der Waals surface area contributed by atoms with Crippen molar-refractivity contribution >= 4 is 25.3 Å². The van der Waals surface area contributed by atoms with E-state index in [0.29, 0.717) is 5.56 Å². The van der Waals surface area contributed by atoms with E-state index in [-0.39, 0.29) is 11.8 Å². The van der Waals surface area contributed by atoms with Gasteiger partial charge in [-0.2, -0.15) is 0 Å². The first-order valence-electron chi connectivity index (χ1n) is 6.30. The molecule has 1 amide bonds. The van der Waals surface area contributed by atoms with Crippen LogP contribution in [0, 0.1) is 0 Å². The van der Waals surface area contributed by atoms with Crippen molar-refractivity contribution in [2.75, 3.05) is 38.2 Å². The van der Waals surface area contributed by atoms with Crippen LogP contribution in [0.15, 0.2) is 24.3 Å². The number of esters is 1.